The fraction of sp³-hybridized carbons (Fsp3) is 0.583. The Morgan fingerprint density at radius 1 is 1.56 bits per heavy atom. The molecule has 88 valence electrons. The van der Waals surface area contributed by atoms with Crippen LogP contribution in [0.15, 0.2) is 18.3 Å². The SMILES string of the molecule is COc1cc(N(C)CC2CC(Br)C2)ccn1. The number of ether oxygens (including phenoxy) is 1. The van der Waals surface area contributed by atoms with E-state index in [1.165, 1.54) is 18.5 Å². The molecule has 0 aliphatic heterocycles. The molecule has 0 bridgehead atoms. The van der Waals surface area contributed by atoms with Crippen molar-refractivity contribution >= 4 is 21.6 Å². The number of alkyl halides is 1. The zero-order chi connectivity index (χ0) is 11.5. The number of pyridine rings is 1. The summed E-state index contributed by atoms with van der Waals surface area (Å²) in [5.74, 6) is 1.49. The van der Waals surface area contributed by atoms with Crippen LogP contribution in [0.3, 0.4) is 0 Å². The van der Waals surface area contributed by atoms with Gasteiger partial charge in [-0.05, 0) is 24.8 Å². The maximum Gasteiger partial charge on any atom is 0.214 e. The molecule has 1 aromatic heterocycles. The molecule has 0 aromatic carbocycles. The lowest BCUT2D eigenvalue weighted by atomic mass is 9.85. The average molecular weight is 285 g/mol. The van der Waals surface area contributed by atoms with Crippen molar-refractivity contribution in [3.63, 3.8) is 0 Å². The molecule has 1 fully saturated rings. The summed E-state index contributed by atoms with van der Waals surface area (Å²) < 4.78 is 5.12. The van der Waals surface area contributed by atoms with Crippen molar-refractivity contribution < 1.29 is 4.74 Å². The van der Waals surface area contributed by atoms with Crippen molar-refractivity contribution in [2.75, 3.05) is 25.6 Å². The second kappa shape index (κ2) is 5.04. The molecule has 1 heterocycles. The van der Waals surface area contributed by atoms with E-state index in [2.05, 4.69) is 32.9 Å². The van der Waals surface area contributed by atoms with Crippen LogP contribution in [0, 0.1) is 5.92 Å². The minimum absolute atomic E-state index is 0.677. The van der Waals surface area contributed by atoms with Crippen LogP contribution in [0.1, 0.15) is 12.8 Å². The standard InChI is InChI=1S/C12H17BrN2O/c1-15(8-9-5-10(13)6-9)11-3-4-14-12(7-11)16-2/h3-4,7,9-10H,5-6,8H2,1-2H3. The van der Waals surface area contributed by atoms with E-state index in [-0.39, 0.29) is 0 Å². The summed E-state index contributed by atoms with van der Waals surface area (Å²) in [6, 6.07) is 4.00. The van der Waals surface area contributed by atoms with Gasteiger partial charge < -0.3 is 9.64 Å². The molecule has 0 N–H and O–H groups in total. The molecular formula is C12H17BrN2O. The number of nitrogens with zero attached hydrogens (tertiary/aromatic N) is 2. The van der Waals surface area contributed by atoms with Gasteiger partial charge in [-0.15, -0.1) is 0 Å². The summed E-state index contributed by atoms with van der Waals surface area (Å²) in [6.07, 6.45) is 4.36. The number of rotatable bonds is 4. The highest BCUT2D eigenvalue weighted by Crippen LogP contribution is 2.34. The predicted molar refractivity (Wildman–Crippen MR) is 69.5 cm³/mol. The van der Waals surface area contributed by atoms with Crippen LogP contribution in [0.25, 0.3) is 0 Å². The van der Waals surface area contributed by atoms with Crippen LogP contribution in [0.4, 0.5) is 5.69 Å². The third-order valence-corrected chi connectivity index (χ3v) is 3.83. The highest BCUT2D eigenvalue weighted by Gasteiger charge is 2.27. The van der Waals surface area contributed by atoms with Gasteiger partial charge in [0.15, 0.2) is 0 Å². The highest BCUT2D eigenvalue weighted by atomic mass is 79.9. The minimum Gasteiger partial charge on any atom is -0.481 e. The van der Waals surface area contributed by atoms with E-state index >= 15 is 0 Å². The molecule has 0 amide bonds. The summed E-state index contributed by atoms with van der Waals surface area (Å²) in [5.41, 5.74) is 1.17. The van der Waals surface area contributed by atoms with Gasteiger partial charge in [-0.2, -0.15) is 0 Å². The first-order valence-corrected chi connectivity index (χ1v) is 6.46. The van der Waals surface area contributed by atoms with E-state index in [1.807, 2.05) is 12.1 Å². The van der Waals surface area contributed by atoms with E-state index in [0.29, 0.717) is 5.88 Å². The largest absolute Gasteiger partial charge is 0.481 e. The van der Waals surface area contributed by atoms with E-state index in [1.54, 1.807) is 13.3 Å². The Labute approximate surface area is 105 Å². The van der Waals surface area contributed by atoms with Crippen LogP contribution < -0.4 is 9.64 Å². The Kier molecular flexibility index (Phi) is 3.69. The first kappa shape index (κ1) is 11.7. The Bertz CT molecular complexity index is 353. The van der Waals surface area contributed by atoms with Crippen LogP contribution >= 0.6 is 15.9 Å². The smallest absolute Gasteiger partial charge is 0.214 e. The predicted octanol–water partition coefficient (Wildman–Crippen LogP) is 2.70. The number of methoxy groups -OCH3 is 1. The number of aromatic nitrogens is 1. The van der Waals surface area contributed by atoms with Gasteiger partial charge in [0.2, 0.25) is 5.88 Å². The van der Waals surface area contributed by atoms with Gasteiger partial charge in [0.05, 0.1) is 7.11 Å². The van der Waals surface area contributed by atoms with Crippen LogP contribution in [-0.4, -0.2) is 30.5 Å². The third-order valence-electron chi connectivity index (χ3n) is 3.08. The molecular weight excluding hydrogens is 268 g/mol. The van der Waals surface area contributed by atoms with Gasteiger partial charge in [-0.1, -0.05) is 15.9 Å². The van der Waals surface area contributed by atoms with Gasteiger partial charge in [-0.25, -0.2) is 4.98 Å². The lowest BCUT2D eigenvalue weighted by Gasteiger charge is -2.35. The topological polar surface area (TPSA) is 25.4 Å². The van der Waals surface area contributed by atoms with Crippen molar-refractivity contribution in [3.05, 3.63) is 18.3 Å². The lowest BCUT2D eigenvalue weighted by Crippen LogP contribution is -2.34. The molecule has 0 saturated heterocycles. The van der Waals surface area contributed by atoms with Gasteiger partial charge >= 0.3 is 0 Å². The molecule has 0 unspecified atom stereocenters. The summed E-state index contributed by atoms with van der Waals surface area (Å²) in [7, 11) is 3.77. The van der Waals surface area contributed by atoms with E-state index < -0.39 is 0 Å². The Balaban J connectivity index is 1.94. The van der Waals surface area contributed by atoms with E-state index in [4.69, 9.17) is 4.74 Å². The molecule has 0 atom stereocenters. The molecule has 1 aromatic rings. The molecule has 4 heteroatoms. The van der Waals surface area contributed by atoms with Crippen LogP contribution in [0.2, 0.25) is 0 Å². The molecule has 2 rings (SSSR count). The molecule has 1 saturated carbocycles. The third kappa shape index (κ3) is 2.67. The van der Waals surface area contributed by atoms with Crippen LogP contribution in [-0.2, 0) is 0 Å². The average Bonchev–Trinajstić information content (AvgIpc) is 2.27. The number of anilines is 1. The summed E-state index contributed by atoms with van der Waals surface area (Å²) in [5, 5.41) is 0. The second-order valence-electron chi connectivity index (χ2n) is 4.37. The molecule has 16 heavy (non-hydrogen) atoms. The van der Waals surface area contributed by atoms with Gasteiger partial charge in [-0.3, -0.25) is 0 Å². The summed E-state index contributed by atoms with van der Waals surface area (Å²) in [6.45, 7) is 1.11. The van der Waals surface area contributed by atoms with Gasteiger partial charge in [0.25, 0.3) is 0 Å². The normalized spacial score (nSPS) is 23.7. The van der Waals surface area contributed by atoms with Crippen molar-refractivity contribution in [2.24, 2.45) is 5.92 Å². The van der Waals surface area contributed by atoms with Gasteiger partial charge in [0, 0.05) is 36.4 Å². The summed E-state index contributed by atoms with van der Waals surface area (Å²) in [4.78, 5) is 7.11. The zero-order valence-corrected chi connectivity index (χ0v) is 11.3. The quantitative estimate of drug-likeness (QED) is 0.795. The van der Waals surface area contributed by atoms with Crippen molar-refractivity contribution in [3.8, 4) is 5.88 Å². The highest BCUT2D eigenvalue weighted by molar-refractivity contribution is 9.09. The number of hydrogen-bond donors (Lipinski definition) is 0. The maximum atomic E-state index is 5.12. The Hall–Kier alpha value is -0.770. The van der Waals surface area contributed by atoms with Crippen LogP contribution in [0.5, 0.6) is 5.88 Å². The van der Waals surface area contributed by atoms with Crippen molar-refractivity contribution in [1.29, 1.82) is 0 Å². The molecule has 1 aliphatic rings. The first-order chi connectivity index (χ1) is 7.69. The fourth-order valence-corrected chi connectivity index (χ4v) is 3.10. The van der Waals surface area contributed by atoms with Gasteiger partial charge in [0.1, 0.15) is 0 Å². The molecule has 3 nitrogen and oxygen atoms in total. The maximum absolute atomic E-state index is 5.12. The Morgan fingerprint density at radius 2 is 2.31 bits per heavy atom. The van der Waals surface area contributed by atoms with Crippen molar-refractivity contribution in [2.45, 2.75) is 17.7 Å². The van der Waals surface area contributed by atoms with Crippen molar-refractivity contribution in [1.82, 2.24) is 4.98 Å². The number of hydrogen-bond acceptors (Lipinski definition) is 3. The molecule has 1 aliphatic carbocycles. The minimum atomic E-state index is 0.677. The lowest BCUT2D eigenvalue weighted by molar-refractivity contribution is 0.339. The monoisotopic (exact) mass is 284 g/mol. The number of halogens is 1. The zero-order valence-electron chi connectivity index (χ0n) is 9.69. The first-order valence-electron chi connectivity index (χ1n) is 5.54. The van der Waals surface area contributed by atoms with E-state index in [9.17, 15) is 0 Å². The molecule has 0 spiro atoms. The second-order valence-corrected chi connectivity index (χ2v) is 5.67. The van der Waals surface area contributed by atoms with E-state index in [0.717, 1.165) is 17.3 Å². The molecule has 0 radical (unpaired) electrons. The fourth-order valence-electron chi connectivity index (χ4n) is 2.04. The summed E-state index contributed by atoms with van der Waals surface area (Å²) >= 11 is 3.62. The Morgan fingerprint density at radius 3 is 2.94 bits per heavy atom.